The van der Waals surface area contributed by atoms with Crippen molar-refractivity contribution in [3.63, 3.8) is 0 Å². The van der Waals surface area contributed by atoms with Crippen LogP contribution in [0.2, 0.25) is 0 Å². The van der Waals surface area contributed by atoms with Crippen molar-refractivity contribution in [2.45, 2.75) is 18.0 Å². The van der Waals surface area contributed by atoms with E-state index in [-0.39, 0.29) is 11.7 Å². The molecule has 122 valence electrons. The van der Waals surface area contributed by atoms with E-state index in [2.05, 4.69) is 16.0 Å². The van der Waals surface area contributed by atoms with Crippen molar-refractivity contribution in [2.75, 3.05) is 12.3 Å². The molecule has 0 spiro atoms. The van der Waals surface area contributed by atoms with E-state index >= 15 is 0 Å². The molecule has 1 amide bonds. The van der Waals surface area contributed by atoms with Crippen molar-refractivity contribution in [1.29, 1.82) is 5.26 Å². The Balaban J connectivity index is 1.66. The number of carbonyl (C=O) groups excluding carboxylic acids is 1. The first kappa shape index (κ1) is 16.5. The molecular weight excluding hydrogens is 344 g/mol. The molecule has 0 atom stereocenters. The SMILES string of the molecule is N#CCCN(Cc1ccco1)C(=O)CSc1ncnc2ccsc12. The minimum atomic E-state index is -0.0463. The molecule has 0 saturated carbocycles. The highest BCUT2D eigenvalue weighted by atomic mass is 32.2. The average Bonchev–Trinajstić information content (AvgIpc) is 3.27. The van der Waals surface area contributed by atoms with Crippen LogP contribution < -0.4 is 0 Å². The molecule has 0 aromatic carbocycles. The lowest BCUT2D eigenvalue weighted by Crippen LogP contribution is -2.32. The summed E-state index contributed by atoms with van der Waals surface area (Å²) >= 11 is 2.95. The number of amides is 1. The first-order valence-electron chi connectivity index (χ1n) is 7.26. The molecule has 0 fully saturated rings. The van der Waals surface area contributed by atoms with E-state index in [0.29, 0.717) is 25.3 Å². The van der Waals surface area contributed by atoms with Gasteiger partial charge in [-0.25, -0.2) is 9.97 Å². The van der Waals surface area contributed by atoms with Gasteiger partial charge in [-0.2, -0.15) is 5.26 Å². The van der Waals surface area contributed by atoms with Crippen LogP contribution in [0, 0.1) is 11.3 Å². The summed E-state index contributed by atoms with van der Waals surface area (Å²) in [7, 11) is 0. The lowest BCUT2D eigenvalue weighted by Gasteiger charge is -2.20. The molecule has 0 radical (unpaired) electrons. The zero-order chi connectivity index (χ0) is 16.8. The fourth-order valence-corrected chi connectivity index (χ4v) is 4.01. The predicted octanol–water partition coefficient (Wildman–Crippen LogP) is 3.32. The van der Waals surface area contributed by atoms with Gasteiger partial charge in [0.15, 0.2) is 0 Å². The van der Waals surface area contributed by atoms with Crippen LogP contribution in [0.15, 0.2) is 45.6 Å². The number of hydrogen-bond acceptors (Lipinski definition) is 7. The molecule has 0 aliphatic rings. The van der Waals surface area contributed by atoms with Crippen molar-refractivity contribution in [3.8, 4) is 6.07 Å². The summed E-state index contributed by atoms with van der Waals surface area (Å²) in [6.07, 6.45) is 3.38. The molecule has 3 aromatic rings. The molecule has 0 N–H and O–H groups in total. The van der Waals surface area contributed by atoms with Crippen LogP contribution in [0.3, 0.4) is 0 Å². The predicted molar refractivity (Wildman–Crippen MR) is 92.5 cm³/mol. The second kappa shape index (κ2) is 7.95. The zero-order valence-corrected chi connectivity index (χ0v) is 14.3. The van der Waals surface area contributed by atoms with Crippen LogP contribution in [0.5, 0.6) is 0 Å². The van der Waals surface area contributed by atoms with E-state index < -0.39 is 0 Å². The smallest absolute Gasteiger partial charge is 0.233 e. The number of fused-ring (bicyclic) bond motifs is 1. The monoisotopic (exact) mass is 358 g/mol. The largest absolute Gasteiger partial charge is 0.467 e. The summed E-state index contributed by atoms with van der Waals surface area (Å²) in [4.78, 5) is 22.6. The molecule has 3 heterocycles. The van der Waals surface area contributed by atoms with Gasteiger partial charge in [-0.1, -0.05) is 11.8 Å². The lowest BCUT2D eigenvalue weighted by atomic mass is 10.3. The second-order valence-corrected chi connectivity index (χ2v) is 6.79. The maximum atomic E-state index is 12.5. The Labute approximate surface area is 147 Å². The first-order valence-corrected chi connectivity index (χ1v) is 9.12. The molecule has 6 nitrogen and oxygen atoms in total. The van der Waals surface area contributed by atoms with E-state index in [1.807, 2.05) is 17.5 Å². The molecule has 0 aliphatic carbocycles. The number of nitrogens with zero attached hydrogens (tertiary/aromatic N) is 4. The van der Waals surface area contributed by atoms with Gasteiger partial charge in [0.1, 0.15) is 17.1 Å². The number of aromatic nitrogens is 2. The Morgan fingerprint density at radius 2 is 2.33 bits per heavy atom. The standard InChI is InChI=1S/C16H14N4O2S2/c17-5-2-6-20(9-12-3-1-7-22-12)14(21)10-24-16-15-13(4-8-23-15)18-11-19-16/h1,3-4,7-8,11H,2,6,9-10H2. The topological polar surface area (TPSA) is 83.0 Å². The third-order valence-corrected chi connectivity index (χ3v) is 5.33. The Morgan fingerprint density at radius 1 is 1.42 bits per heavy atom. The molecule has 0 aliphatic heterocycles. The number of furan rings is 1. The third-order valence-electron chi connectivity index (χ3n) is 3.32. The maximum absolute atomic E-state index is 12.5. The van der Waals surface area contributed by atoms with Crippen molar-refractivity contribution in [2.24, 2.45) is 0 Å². The third kappa shape index (κ3) is 3.93. The van der Waals surface area contributed by atoms with Crippen LogP contribution in [-0.4, -0.2) is 33.1 Å². The van der Waals surface area contributed by atoms with Gasteiger partial charge in [-0.3, -0.25) is 4.79 Å². The second-order valence-electron chi connectivity index (χ2n) is 4.91. The quantitative estimate of drug-likeness (QED) is 0.476. The Bertz CT molecular complexity index is 854. The minimum absolute atomic E-state index is 0.0463. The normalized spacial score (nSPS) is 10.6. The number of carbonyl (C=O) groups is 1. The maximum Gasteiger partial charge on any atom is 0.233 e. The molecule has 8 heteroatoms. The van der Waals surface area contributed by atoms with Crippen molar-refractivity contribution in [3.05, 3.63) is 41.9 Å². The number of thioether (sulfide) groups is 1. The molecule has 0 saturated heterocycles. The molecule has 3 aromatic heterocycles. The highest BCUT2D eigenvalue weighted by Crippen LogP contribution is 2.28. The van der Waals surface area contributed by atoms with Gasteiger partial charge in [0.25, 0.3) is 0 Å². The van der Waals surface area contributed by atoms with Crippen LogP contribution in [0.4, 0.5) is 0 Å². The molecule has 3 rings (SSSR count). The van der Waals surface area contributed by atoms with Crippen LogP contribution in [0.1, 0.15) is 12.2 Å². The fourth-order valence-electron chi connectivity index (χ4n) is 2.16. The Morgan fingerprint density at radius 3 is 3.12 bits per heavy atom. The minimum Gasteiger partial charge on any atom is -0.467 e. The number of nitriles is 1. The molecule has 0 unspecified atom stereocenters. The van der Waals surface area contributed by atoms with Crippen LogP contribution in [-0.2, 0) is 11.3 Å². The zero-order valence-electron chi connectivity index (χ0n) is 12.7. The summed E-state index contributed by atoms with van der Waals surface area (Å²) in [6.45, 7) is 0.751. The van der Waals surface area contributed by atoms with Gasteiger partial charge in [0, 0.05) is 6.54 Å². The Hall–Kier alpha value is -2.37. The van der Waals surface area contributed by atoms with Crippen molar-refractivity contribution < 1.29 is 9.21 Å². The first-order chi connectivity index (χ1) is 11.8. The summed E-state index contributed by atoms with van der Waals surface area (Å²) in [5.74, 6) is 0.916. The highest BCUT2D eigenvalue weighted by Gasteiger charge is 2.16. The number of thiophene rings is 1. The van der Waals surface area contributed by atoms with Gasteiger partial charge in [-0.05, 0) is 23.6 Å². The molecular formula is C16H14N4O2S2. The van der Waals surface area contributed by atoms with E-state index in [0.717, 1.165) is 15.2 Å². The summed E-state index contributed by atoms with van der Waals surface area (Å²) in [6, 6.07) is 7.61. The van der Waals surface area contributed by atoms with Crippen molar-refractivity contribution in [1.82, 2.24) is 14.9 Å². The number of rotatable bonds is 7. The van der Waals surface area contributed by atoms with Crippen LogP contribution in [0.25, 0.3) is 10.2 Å². The summed E-state index contributed by atoms with van der Waals surface area (Å²) in [5.41, 5.74) is 0.891. The van der Waals surface area contributed by atoms with Gasteiger partial charge >= 0.3 is 0 Å². The van der Waals surface area contributed by atoms with Crippen molar-refractivity contribution >= 4 is 39.2 Å². The fraction of sp³-hybridized carbons (Fsp3) is 0.250. The van der Waals surface area contributed by atoms with E-state index in [9.17, 15) is 4.79 Å². The Kier molecular flexibility index (Phi) is 5.46. The summed E-state index contributed by atoms with van der Waals surface area (Å²) in [5, 5.41) is 11.6. The van der Waals surface area contributed by atoms with Crippen LogP contribution >= 0.6 is 23.1 Å². The lowest BCUT2D eigenvalue weighted by molar-refractivity contribution is -0.129. The van der Waals surface area contributed by atoms with E-state index in [4.69, 9.17) is 9.68 Å². The number of hydrogen-bond donors (Lipinski definition) is 0. The van der Waals surface area contributed by atoms with E-state index in [1.165, 1.54) is 18.1 Å². The average molecular weight is 358 g/mol. The van der Waals surface area contributed by atoms with E-state index in [1.54, 1.807) is 28.6 Å². The van der Waals surface area contributed by atoms with Gasteiger partial charge in [-0.15, -0.1) is 11.3 Å². The molecule has 0 bridgehead atoms. The highest BCUT2D eigenvalue weighted by molar-refractivity contribution is 8.00. The van der Waals surface area contributed by atoms with Gasteiger partial charge in [0.05, 0.1) is 41.3 Å². The van der Waals surface area contributed by atoms with Gasteiger partial charge in [0.2, 0.25) is 5.91 Å². The van der Waals surface area contributed by atoms with Gasteiger partial charge < -0.3 is 9.32 Å². The summed E-state index contributed by atoms with van der Waals surface area (Å²) < 4.78 is 6.29. The molecule has 24 heavy (non-hydrogen) atoms.